The number of aromatic nitrogens is 3. The SMILES string of the molecule is O=C(N1CCOCC1)C12C[C@H]3C[C@@H](C1)CC(n1cnc([N+](=O)[O-])n1)(C3)C2. The summed E-state index contributed by atoms with van der Waals surface area (Å²) in [5.74, 6) is 0.886. The van der Waals surface area contributed by atoms with E-state index >= 15 is 0 Å². The molecular formula is C17H23N5O4. The summed E-state index contributed by atoms with van der Waals surface area (Å²) < 4.78 is 7.12. The van der Waals surface area contributed by atoms with Gasteiger partial charge in [-0.1, -0.05) is 4.98 Å². The van der Waals surface area contributed by atoms with Gasteiger partial charge in [-0.25, -0.2) is 0 Å². The lowest BCUT2D eigenvalue weighted by Gasteiger charge is -2.60. The summed E-state index contributed by atoms with van der Waals surface area (Å²) in [6, 6.07) is 0. The largest absolute Gasteiger partial charge is 0.490 e. The van der Waals surface area contributed by atoms with E-state index in [1.807, 2.05) is 4.90 Å². The predicted octanol–water partition coefficient (Wildman–Crippen LogP) is 1.34. The van der Waals surface area contributed by atoms with Crippen LogP contribution in [0, 0.1) is 27.4 Å². The Labute approximate surface area is 150 Å². The molecule has 4 atom stereocenters. The molecule has 1 aromatic rings. The normalized spacial score (nSPS) is 38.5. The Hall–Kier alpha value is -2.03. The molecule has 0 aromatic carbocycles. The first-order valence-corrected chi connectivity index (χ1v) is 9.43. The summed E-state index contributed by atoms with van der Waals surface area (Å²) in [6.07, 6.45) is 7.17. The molecule has 4 bridgehead atoms. The molecule has 9 nitrogen and oxygen atoms in total. The zero-order valence-corrected chi connectivity index (χ0v) is 14.7. The number of carbonyl (C=O) groups excluding carboxylic acids is 1. The van der Waals surface area contributed by atoms with Gasteiger partial charge in [0.15, 0.2) is 0 Å². The van der Waals surface area contributed by atoms with Crippen LogP contribution in [0.5, 0.6) is 0 Å². The fourth-order valence-electron chi connectivity index (χ4n) is 6.40. The molecule has 4 aliphatic carbocycles. The Balaban J connectivity index is 1.49. The number of rotatable bonds is 3. The first-order chi connectivity index (χ1) is 12.5. The van der Waals surface area contributed by atoms with Crippen LogP contribution < -0.4 is 0 Å². The molecule has 140 valence electrons. The Bertz CT molecular complexity index is 742. The number of morpholine rings is 1. The minimum atomic E-state index is -0.550. The molecular weight excluding hydrogens is 338 g/mol. The van der Waals surface area contributed by atoms with Gasteiger partial charge in [-0.2, -0.15) is 4.68 Å². The standard InChI is InChI=1S/C17H23N5O4/c23-14(20-1-3-26-4-2-20)16-6-12-5-13(7-16)9-17(8-12,10-16)21-11-18-15(19-21)22(24)25/h11-13H,1-10H2/t12-,13+,16?,17?. The predicted molar refractivity (Wildman–Crippen MR) is 89.2 cm³/mol. The molecule has 1 amide bonds. The molecule has 2 unspecified atom stereocenters. The van der Waals surface area contributed by atoms with Crippen LogP contribution in [0.15, 0.2) is 6.33 Å². The van der Waals surface area contributed by atoms with Crippen molar-refractivity contribution in [2.75, 3.05) is 26.3 Å². The van der Waals surface area contributed by atoms with Gasteiger partial charge in [0, 0.05) is 18.2 Å². The van der Waals surface area contributed by atoms with E-state index in [1.54, 1.807) is 4.68 Å². The van der Waals surface area contributed by atoms with Crippen molar-refractivity contribution in [2.24, 2.45) is 17.3 Å². The molecule has 1 saturated heterocycles. The van der Waals surface area contributed by atoms with Crippen LogP contribution in [0.25, 0.3) is 0 Å². The number of hydrogen-bond donors (Lipinski definition) is 0. The number of hydrogen-bond acceptors (Lipinski definition) is 6. The minimum Gasteiger partial charge on any atom is -0.390 e. The molecule has 0 radical (unpaired) electrons. The smallest absolute Gasteiger partial charge is 0.390 e. The van der Waals surface area contributed by atoms with E-state index in [0.717, 1.165) is 38.5 Å². The van der Waals surface area contributed by atoms with Gasteiger partial charge in [-0.3, -0.25) is 4.79 Å². The highest BCUT2D eigenvalue weighted by molar-refractivity contribution is 5.83. The zero-order valence-electron chi connectivity index (χ0n) is 14.7. The van der Waals surface area contributed by atoms with Crippen molar-refractivity contribution >= 4 is 11.9 Å². The van der Waals surface area contributed by atoms with Gasteiger partial charge in [0.1, 0.15) is 0 Å². The first kappa shape index (κ1) is 16.2. The Morgan fingerprint density at radius 1 is 1.23 bits per heavy atom. The molecule has 1 aromatic heterocycles. The monoisotopic (exact) mass is 361 g/mol. The van der Waals surface area contributed by atoms with E-state index in [1.165, 1.54) is 6.33 Å². The lowest BCUT2D eigenvalue weighted by molar-refractivity contribution is -0.394. The van der Waals surface area contributed by atoms with Crippen LogP contribution in [0.3, 0.4) is 0 Å². The van der Waals surface area contributed by atoms with Crippen molar-refractivity contribution in [1.29, 1.82) is 0 Å². The number of amides is 1. The lowest BCUT2D eigenvalue weighted by Crippen LogP contribution is -2.62. The summed E-state index contributed by atoms with van der Waals surface area (Å²) in [5.41, 5.74) is -0.643. The summed E-state index contributed by atoms with van der Waals surface area (Å²) in [7, 11) is 0. The fourth-order valence-corrected chi connectivity index (χ4v) is 6.40. The summed E-state index contributed by atoms with van der Waals surface area (Å²) >= 11 is 0. The van der Waals surface area contributed by atoms with Crippen LogP contribution in [0.4, 0.5) is 5.95 Å². The Kier molecular flexibility index (Phi) is 3.41. The number of nitro groups is 1. The van der Waals surface area contributed by atoms with E-state index in [-0.39, 0.29) is 22.8 Å². The number of carbonyl (C=O) groups is 1. The summed E-state index contributed by atoms with van der Waals surface area (Å²) in [6.45, 7) is 2.54. The molecule has 5 fully saturated rings. The van der Waals surface area contributed by atoms with Gasteiger partial charge in [-0.05, 0) is 55.3 Å². The molecule has 4 saturated carbocycles. The highest BCUT2D eigenvalue weighted by Gasteiger charge is 2.63. The van der Waals surface area contributed by atoms with Crippen LogP contribution in [-0.2, 0) is 15.1 Å². The van der Waals surface area contributed by atoms with Crippen molar-refractivity contribution < 1.29 is 14.5 Å². The van der Waals surface area contributed by atoms with Crippen molar-refractivity contribution in [3.63, 3.8) is 0 Å². The number of ether oxygens (including phenoxy) is 1. The van der Waals surface area contributed by atoms with E-state index < -0.39 is 4.92 Å². The maximum atomic E-state index is 13.5. The fraction of sp³-hybridized carbons (Fsp3) is 0.824. The average molecular weight is 361 g/mol. The van der Waals surface area contributed by atoms with E-state index in [0.29, 0.717) is 38.1 Å². The second-order valence-corrected chi connectivity index (χ2v) is 8.62. The maximum Gasteiger partial charge on any atom is 0.490 e. The minimum absolute atomic E-state index is 0.258. The topological polar surface area (TPSA) is 103 Å². The third-order valence-corrected chi connectivity index (χ3v) is 6.91. The highest BCUT2D eigenvalue weighted by atomic mass is 16.6. The molecule has 26 heavy (non-hydrogen) atoms. The zero-order chi connectivity index (χ0) is 17.9. The molecule has 9 heteroatoms. The molecule has 2 heterocycles. The van der Waals surface area contributed by atoms with Gasteiger partial charge in [0.05, 0.1) is 24.2 Å². The second-order valence-electron chi connectivity index (χ2n) is 8.62. The molecule has 1 aliphatic heterocycles. The first-order valence-electron chi connectivity index (χ1n) is 9.43. The molecule has 0 N–H and O–H groups in total. The molecule has 5 aliphatic rings. The third kappa shape index (κ3) is 2.29. The van der Waals surface area contributed by atoms with E-state index in [4.69, 9.17) is 4.74 Å². The lowest BCUT2D eigenvalue weighted by atomic mass is 9.46. The summed E-state index contributed by atoms with van der Waals surface area (Å²) in [5, 5.41) is 15.2. The second kappa shape index (κ2) is 5.48. The van der Waals surface area contributed by atoms with E-state index in [2.05, 4.69) is 10.1 Å². The van der Waals surface area contributed by atoms with Gasteiger partial charge in [0.2, 0.25) is 12.2 Å². The number of nitrogens with zero attached hydrogens (tertiary/aromatic N) is 5. The molecule has 6 rings (SSSR count). The average Bonchev–Trinajstić information content (AvgIpc) is 3.12. The van der Waals surface area contributed by atoms with Crippen LogP contribution in [0.1, 0.15) is 38.5 Å². The Morgan fingerprint density at radius 3 is 2.54 bits per heavy atom. The van der Waals surface area contributed by atoms with Crippen LogP contribution in [0.2, 0.25) is 0 Å². The summed E-state index contributed by atoms with van der Waals surface area (Å²) in [4.78, 5) is 29.8. The van der Waals surface area contributed by atoms with Crippen LogP contribution in [-0.4, -0.2) is 56.8 Å². The Morgan fingerprint density at radius 2 is 1.92 bits per heavy atom. The van der Waals surface area contributed by atoms with Crippen LogP contribution >= 0.6 is 0 Å². The van der Waals surface area contributed by atoms with E-state index in [9.17, 15) is 14.9 Å². The van der Waals surface area contributed by atoms with Crippen molar-refractivity contribution in [3.05, 3.63) is 16.4 Å². The quantitative estimate of drug-likeness (QED) is 0.594. The third-order valence-electron chi connectivity index (χ3n) is 6.91. The van der Waals surface area contributed by atoms with Gasteiger partial charge >= 0.3 is 5.95 Å². The van der Waals surface area contributed by atoms with Crippen molar-refractivity contribution in [1.82, 2.24) is 19.7 Å². The highest BCUT2D eigenvalue weighted by Crippen LogP contribution is 2.64. The molecule has 0 spiro atoms. The van der Waals surface area contributed by atoms with Crippen molar-refractivity contribution in [3.8, 4) is 0 Å². The van der Waals surface area contributed by atoms with Gasteiger partial charge < -0.3 is 19.8 Å². The maximum absolute atomic E-state index is 13.5. The van der Waals surface area contributed by atoms with Gasteiger partial charge in [0.25, 0.3) is 0 Å². The van der Waals surface area contributed by atoms with Gasteiger partial charge in [-0.15, -0.1) is 0 Å². The van der Waals surface area contributed by atoms with Crippen molar-refractivity contribution in [2.45, 2.75) is 44.1 Å².